The number of halogens is 1. The Morgan fingerprint density at radius 3 is 2.89 bits per heavy atom. The predicted molar refractivity (Wildman–Crippen MR) is 67.8 cm³/mol. The van der Waals surface area contributed by atoms with Crippen LogP contribution in [0.25, 0.3) is 0 Å². The van der Waals surface area contributed by atoms with Crippen LogP contribution in [0.1, 0.15) is 5.56 Å². The molecule has 0 aromatic heterocycles. The maximum absolute atomic E-state index is 11.2. The van der Waals surface area contributed by atoms with Crippen LogP contribution in [-0.2, 0) is 15.2 Å². The van der Waals surface area contributed by atoms with Crippen molar-refractivity contribution in [3.8, 4) is 0 Å². The molecule has 6 nitrogen and oxygen atoms in total. The first kappa shape index (κ1) is 12.7. The zero-order chi connectivity index (χ0) is 13.8. The lowest BCUT2D eigenvalue weighted by atomic mass is 9.87. The van der Waals surface area contributed by atoms with Gasteiger partial charge in [-0.2, -0.15) is 0 Å². The van der Waals surface area contributed by atoms with E-state index in [9.17, 15) is 9.90 Å². The molecule has 0 amide bonds. The zero-order valence-electron chi connectivity index (χ0n) is 10.1. The third kappa shape index (κ3) is 1.58. The Kier molecular flexibility index (Phi) is 2.72. The number of anilines is 1. The molecule has 0 bridgehead atoms. The molecule has 3 rings (SSSR count). The molecule has 0 saturated carbocycles. The van der Waals surface area contributed by atoms with Crippen LogP contribution >= 0.6 is 11.6 Å². The summed E-state index contributed by atoms with van der Waals surface area (Å²) in [5, 5.41) is 23.2. The van der Waals surface area contributed by atoms with E-state index in [0.29, 0.717) is 11.3 Å². The van der Waals surface area contributed by atoms with Crippen molar-refractivity contribution < 1.29 is 19.8 Å². The molecule has 1 aromatic rings. The van der Waals surface area contributed by atoms with Crippen molar-refractivity contribution in [3.63, 3.8) is 0 Å². The zero-order valence-corrected chi connectivity index (χ0v) is 10.8. The molecule has 19 heavy (non-hydrogen) atoms. The number of hydrogen-bond acceptors (Lipinski definition) is 5. The topological polar surface area (TPSA) is 82.0 Å². The van der Waals surface area contributed by atoms with E-state index in [1.807, 2.05) is 6.07 Å². The highest BCUT2D eigenvalue weighted by Crippen LogP contribution is 2.46. The highest BCUT2D eigenvalue weighted by molar-refractivity contribution is 6.23. The van der Waals surface area contributed by atoms with E-state index >= 15 is 0 Å². The number of hydroxylamine groups is 1. The van der Waals surface area contributed by atoms with Gasteiger partial charge in [0.05, 0.1) is 11.1 Å². The Morgan fingerprint density at radius 2 is 2.21 bits per heavy atom. The van der Waals surface area contributed by atoms with Gasteiger partial charge in [0, 0.05) is 12.6 Å². The van der Waals surface area contributed by atoms with Crippen molar-refractivity contribution in [1.82, 2.24) is 5.32 Å². The van der Waals surface area contributed by atoms with E-state index in [2.05, 4.69) is 5.32 Å². The summed E-state index contributed by atoms with van der Waals surface area (Å²) in [6, 6.07) is 6.01. The number of alkyl halides is 1. The van der Waals surface area contributed by atoms with Crippen LogP contribution in [0.2, 0.25) is 0 Å². The summed E-state index contributed by atoms with van der Waals surface area (Å²) in [6.45, 7) is 0. The van der Waals surface area contributed by atoms with Gasteiger partial charge in [0.1, 0.15) is 6.04 Å². The van der Waals surface area contributed by atoms with Gasteiger partial charge in [-0.1, -0.05) is 18.2 Å². The minimum atomic E-state index is -1.58. The van der Waals surface area contributed by atoms with Gasteiger partial charge < -0.3 is 10.2 Å². The molecule has 1 saturated heterocycles. The molecule has 2 heterocycles. The number of aliphatic hydroxyl groups is 1. The van der Waals surface area contributed by atoms with Gasteiger partial charge in [0.25, 0.3) is 0 Å². The Morgan fingerprint density at radius 1 is 1.53 bits per heavy atom. The van der Waals surface area contributed by atoms with Crippen LogP contribution < -0.4 is 10.4 Å². The third-order valence-corrected chi connectivity index (χ3v) is 4.23. The smallest absolute Gasteiger partial charge is 0.322 e. The number of para-hydroxylation sites is 1. The maximum atomic E-state index is 11.2. The first-order chi connectivity index (χ1) is 8.96. The van der Waals surface area contributed by atoms with Gasteiger partial charge in [-0.15, -0.1) is 11.6 Å². The number of carboxylic acid groups (broad SMARTS) is 1. The summed E-state index contributed by atoms with van der Waals surface area (Å²) >= 11 is 6.17. The fourth-order valence-electron chi connectivity index (χ4n) is 2.67. The molecular weight excluding hydrogens is 272 g/mol. The lowest BCUT2D eigenvalue weighted by Gasteiger charge is -2.41. The molecule has 0 spiro atoms. The average molecular weight is 285 g/mol. The number of aliphatic carboxylic acids is 1. The minimum absolute atomic E-state index is 0.560. The Bertz CT molecular complexity index is 540. The van der Waals surface area contributed by atoms with Gasteiger partial charge in [0.2, 0.25) is 0 Å². The molecule has 1 fully saturated rings. The standard InChI is InChI=1S/C12H13ClN2O4/c1-15-7-5-3-2-4-6(7)12(18)9(13)8(10(16)17)14-11(12)19-15/h2-5,8-9,11,14,18H,1H3,(H,16,17). The third-order valence-electron chi connectivity index (χ3n) is 3.65. The number of nitrogens with one attached hydrogen (secondary N) is 1. The molecule has 1 aromatic carbocycles. The quantitative estimate of drug-likeness (QED) is 0.641. The number of rotatable bonds is 1. The number of fused-ring (bicyclic) bond motifs is 3. The van der Waals surface area contributed by atoms with Crippen LogP contribution in [0.4, 0.5) is 5.69 Å². The molecule has 4 unspecified atom stereocenters. The monoisotopic (exact) mass is 284 g/mol. The van der Waals surface area contributed by atoms with Crippen LogP contribution in [0.15, 0.2) is 24.3 Å². The second-order valence-electron chi connectivity index (χ2n) is 4.71. The number of hydrogen-bond donors (Lipinski definition) is 3. The van der Waals surface area contributed by atoms with E-state index in [4.69, 9.17) is 21.5 Å². The van der Waals surface area contributed by atoms with E-state index in [-0.39, 0.29) is 0 Å². The molecular formula is C12H13ClN2O4. The van der Waals surface area contributed by atoms with E-state index in [0.717, 1.165) is 0 Å². The van der Waals surface area contributed by atoms with Crippen LogP contribution in [0.5, 0.6) is 0 Å². The molecule has 2 aliphatic heterocycles. The average Bonchev–Trinajstić information content (AvgIpc) is 2.65. The summed E-state index contributed by atoms with van der Waals surface area (Å²) < 4.78 is 0. The van der Waals surface area contributed by atoms with E-state index in [1.54, 1.807) is 25.2 Å². The normalized spacial score (nSPS) is 36.8. The molecule has 4 atom stereocenters. The second kappa shape index (κ2) is 4.08. The second-order valence-corrected chi connectivity index (χ2v) is 5.18. The summed E-state index contributed by atoms with van der Waals surface area (Å²) in [5.74, 6) is -1.12. The van der Waals surface area contributed by atoms with Crippen molar-refractivity contribution >= 4 is 23.3 Å². The van der Waals surface area contributed by atoms with Crippen LogP contribution in [-0.4, -0.2) is 40.9 Å². The van der Waals surface area contributed by atoms with Gasteiger partial charge >= 0.3 is 5.97 Å². The lowest BCUT2D eigenvalue weighted by Crippen LogP contribution is -2.52. The van der Waals surface area contributed by atoms with Crippen molar-refractivity contribution in [2.45, 2.75) is 23.2 Å². The van der Waals surface area contributed by atoms with Gasteiger partial charge in [-0.05, 0) is 6.07 Å². The number of carboxylic acids is 1. The molecule has 2 aliphatic rings. The Labute approximate surface area is 114 Å². The van der Waals surface area contributed by atoms with Crippen LogP contribution in [0.3, 0.4) is 0 Å². The van der Waals surface area contributed by atoms with E-state index < -0.39 is 29.2 Å². The molecule has 3 N–H and O–H groups in total. The van der Waals surface area contributed by atoms with E-state index in [1.165, 1.54) is 5.06 Å². The molecule has 7 heteroatoms. The molecule has 0 aliphatic carbocycles. The minimum Gasteiger partial charge on any atom is -0.480 e. The van der Waals surface area contributed by atoms with Crippen molar-refractivity contribution in [2.24, 2.45) is 0 Å². The predicted octanol–water partition coefficient (Wildman–Crippen LogP) is 0.246. The largest absolute Gasteiger partial charge is 0.480 e. The van der Waals surface area contributed by atoms with Crippen molar-refractivity contribution in [2.75, 3.05) is 12.1 Å². The number of benzene rings is 1. The summed E-state index contributed by atoms with van der Waals surface area (Å²) in [4.78, 5) is 16.7. The van der Waals surface area contributed by atoms with Gasteiger partial charge in [-0.25, -0.2) is 0 Å². The summed E-state index contributed by atoms with van der Waals surface area (Å²) in [6.07, 6.45) is -0.893. The molecule has 102 valence electrons. The highest BCUT2D eigenvalue weighted by atomic mass is 35.5. The lowest BCUT2D eigenvalue weighted by molar-refractivity contribution is -0.139. The van der Waals surface area contributed by atoms with Gasteiger partial charge in [-0.3, -0.25) is 20.0 Å². The van der Waals surface area contributed by atoms with Gasteiger partial charge in [0.15, 0.2) is 11.8 Å². The Hall–Kier alpha value is -1.34. The summed E-state index contributed by atoms with van der Waals surface area (Å²) in [5.41, 5.74) is -0.349. The van der Waals surface area contributed by atoms with Crippen molar-refractivity contribution in [1.29, 1.82) is 0 Å². The van der Waals surface area contributed by atoms with Crippen LogP contribution in [0, 0.1) is 0 Å². The summed E-state index contributed by atoms with van der Waals surface area (Å²) in [7, 11) is 1.69. The fourth-order valence-corrected chi connectivity index (χ4v) is 3.08. The number of nitrogens with zero attached hydrogens (tertiary/aromatic N) is 1. The number of carbonyl (C=O) groups is 1. The fraction of sp³-hybridized carbons (Fsp3) is 0.417. The maximum Gasteiger partial charge on any atom is 0.322 e. The highest BCUT2D eigenvalue weighted by Gasteiger charge is 2.61. The SMILES string of the molecule is CN1OC2NC(C(=O)O)C(Cl)C2(O)c2ccccc21. The first-order valence-corrected chi connectivity index (χ1v) is 6.25. The Balaban J connectivity index is 2.13. The molecule has 0 radical (unpaired) electrons. The van der Waals surface area contributed by atoms with Crippen molar-refractivity contribution in [3.05, 3.63) is 29.8 Å². The first-order valence-electron chi connectivity index (χ1n) is 5.81.